The lowest BCUT2D eigenvalue weighted by Gasteiger charge is -2.26. The van der Waals surface area contributed by atoms with Gasteiger partial charge in [0, 0.05) is 20.6 Å². The number of nitrogens with zero attached hydrogens (tertiary/aromatic N) is 2. The van der Waals surface area contributed by atoms with Gasteiger partial charge in [-0.3, -0.25) is 9.59 Å². The van der Waals surface area contributed by atoms with Gasteiger partial charge in [-0.1, -0.05) is 17.7 Å². The highest BCUT2D eigenvalue weighted by Gasteiger charge is 2.35. The van der Waals surface area contributed by atoms with Crippen molar-refractivity contribution in [3.63, 3.8) is 0 Å². The summed E-state index contributed by atoms with van der Waals surface area (Å²) >= 11 is 5.94. The van der Waals surface area contributed by atoms with Gasteiger partial charge in [-0.05, 0) is 25.0 Å². The average Bonchev–Trinajstić information content (AvgIpc) is 2.89. The first-order valence-corrected chi connectivity index (χ1v) is 6.87. The minimum atomic E-state index is -0.407. The maximum Gasteiger partial charge on any atom is 0.256 e. The number of likely N-dealkylation sites (tertiary alicyclic amines) is 1. The van der Waals surface area contributed by atoms with Crippen LogP contribution in [0.5, 0.6) is 0 Å². The van der Waals surface area contributed by atoms with Gasteiger partial charge < -0.3 is 15.5 Å². The van der Waals surface area contributed by atoms with E-state index in [0.717, 1.165) is 6.42 Å². The first kappa shape index (κ1) is 14.7. The van der Waals surface area contributed by atoms with E-state index in [-0.39, 0.29) is 17.5 Å². The van der Waals surface area contributed by atoms with E-state index in [1.165, 1.54) is 4.90 Å². The van der Waals surface area contributed by atoms with Crippen molar-refractivity contribution in [1.82, 2.24) is 9.80 Å². The summed E-state index contributed by atoms with van der Waals surface area (Å²) in [5.41, 5.74) is 6.48. The van der Waals surface area contributed by atoms with Gasteiger partial charge in [-0.25, -0.2) is 0 Å². The van der Waals surface area contributed by atoms with Crippen molar-refractivity contribution in [2.45, 2.75) is 18.9 Å². The molecule has 1 atom stereocenters. The van der Waals surface area contributed by atoms with Gasteiger partial charge >= 0.3 is 0 Å². The zero-order valence-electron chi connectivity index (χ0n) is 11.6. The van der Waals surface area contributed by atoms with Crippen molar-refractivity contribution in [2.75, 3.05) is 26.4 Å². The molecule has 0 aliphatic carbocycles. The number of rotatable bonds is 2. The fourth-order valence-corrected chi connectivity index (χ4v) is 2.62. The number of para-hydroxylation sites is 1. The van der Waals surface area contributed by atoms with Gasteiger partial charge in [0.25, 0.3) is 5.91 Å². The molecule has 0 radical (unpaired) electrons. The van der Waals surface area contributed by atoms with Crippen LogP contribution in [0.15, 0.2) is 18.2 Å². The van der Waals surface area contributed by atoms with Crippen LogP contribution in [0.25, 0.3) is 0 Å². The van der Waals surface area contributed by atoms with Crippen molar-refractivity contribution >= 4 is 29.1 Å². The minimum absolute atomic E-state index is 0.0588. The molecule has 1 aliphatic rings. The lowest BCUT2D eigenvalue weighted by molar-refractivity contribution is -0.132. The number of hydrogen-bond donors (Lipinski definition) is 1. The number of anilines is 1. The summed E-state index contributed by atoms with van der Waals surface area (Å²) in [5.74, 6) is -0.292. The van der Waals surface area contributed by atoms with Crippen LogP contribution >= 0.6 is 11.6 Å². The van der Waals surface area contributed by atoms with E-state index in [1.807, 2.05) is 0 Å². The Labute approximate surface area is 123 Å². The number of amides is 2. The molecule has 5 nitrogen and oxygen atoms in total. The van der Waals surface area contributed by atoms with E-state index in [2.05, 4.69) is 0 Å². The quantitative estimate of drug-likeness (QED) is 0.843. The molecule has 0 aromatic heterocycles. The first-order valence-electron chi connectivity index (χ1n) is 6.49. The van der Waals surface area contributed by atoms with Crippen LogP contribution in [0, 0.1) is 0 Å². The minimum Gasteiger partial charge on any atom is -0.397 e. The van der Waals surface area contributed by atoms with E-state index in [4.69, 9.17) is 17.3 Å². The summed E-state index contributed by atoms with van der Waals surface area (Å²) in [6, 6.07) is 4.56. The van der Waals surface area contributed by atoms with Gasteiger partial charge in [0.15, 0.2) is 0 Å². The first-order chi connectivity index (χ1) is 9.43. The third-order valence-corrected chi connectivity index (χ3v) is 3.85. The lowest BCUT2D eigenvalue weighted by atomic mass is 10.1. The molecular weight excluding hydrogens is 278 g/mol. The highest BCUT2D eigenvalue weighted by Crippen LogP contribution is 2.27. The number of carbonyl (C=O) groups excluding carboxylic acids is 2. The number of halogens is 1. The topological polar surface area (TPSA) is 66.6 Å². The summed E-state index contributed by atoms with van der Waals surface area (Å²) in [5, 5.41) is 0.352. The number of carbonyl (C=O) groups is 2. The summed E-state index contributed by atoms with van der Waals surface area (Å²) in [4.78, 5) is 27.8. The Bertz CT molecular complexity index is 545. The zero-order chi connectivity index (χ0) is 14.9. The van der Waals surface area contributed by atoms with Crippen LogP contribution in [0.2, 0.25) is 5.02 Å². The molecule has 2 N–H and O–H groups in total. The molecule has 2 amide bonds. The van der Waals surface area contributed by atoms with E-state index < -0.39 is 6.04 Å². The average molecular weight is 296 g/mol. The molecule has 6 heteroatoms. The van der Waals surface area contributed by atoms with Gasteiger partial charge in [0.1, 0.15) is 6.04 Å². The standard InChI is InChI=1S/C14H18ClN3O2/c1-17(2)14(20)11-7-4-8-18(11)13(19)9-5-3-6-10(15)12(9)16/h3,5-6,11H,4,7-8,16H2,1-2H3. The van der Waals surface area contributed by atoms with Gasteiger partial charge in [0.2, 0.25) is 5.91 Å². The molecular formula is C14H18ClN3O2. The third kappa shape index (κ3) is 2.58. The molecule has 0 spiro atoms. The summed E-state index contributed by atoms with van der Waals surface area (Å²) in [6.45, 7) is 0.565. The summed E-state index contributed by atoms with van der Waals surface area (Å²) in [7, 11) is 3.38. The predicted octanol–water partition coefficient (Wildman–Crippen LogP) is 1.61. The molecule has 1 saturated heterocycles. The third-order valence-electron chi connectivity index (χ3n) is 3.52. The van der Waals surface area contributed by atoms with Crippen LogP contribution in [0.4, 0.5) is 5.69 Å². The molecule has 1 aromatic carbocycles. The Kier molecular flexibility index (Phi) is 4.18. The fraction of sp³-hybridized carbons (Fsp3) is 0.429. The molecule has 1 unspecified atom stereocenters. The van der Waals surface area contributed by atoms with Crippen molar-refractivity contribution < 1.29 is 9.59 Å². The Morgan fingerprint density at radius 2 is 2.10 bits per heavy atom. The fourth-order valence-electron chi connectivity index (χ4n) is 2.44. The Morgan fingerprint density at radius 1 is 1.40 bits per heavy atom. The van der Waals surface area contributed by atoms with E-state index in [0.29, 0.717) is 23.6 Å². The highest BCUT2D eigenvalue weighted by atomic mass is 35.5. The van der Waals surface area contributed by atoms with Crippen molar-refractivity contribution in [3.05, 3.63) is 28.8 Å². The SMILES string of the molecule is CN(C)C(=O)C1CCCN1C(=O)c1cccc(Cl)c1N. The van der Waals surface area contributed by atoms with Crippen molar-refractivity contribution in [3.8, 4) is 0 Å². The van der Waals surface area contributed by atoms with E-state index in [1.54, 1.807) is 37.2 Å². The molecule has 20 heavy (non-hydrogen) atoms. The monoisotopic (exact) mass is 295 g/mol. The second-order valence-corrected chi connectivity index (χ2v) is 5.50. The number of nitrogens with two attached hydrogens (primary N) is 1. The lowest BCUT2D eigenvalue weighted by Crippen LogP contribution is -2.45. The van der Waals surface area contributed by atoms with Gasteiger partial charge in [0.05, 0.1) is 16.3 Å². The predicted molar refractivity (Wildman–Crippen MR) is 78.6 cm³/mol. The smallest absolute Gasteiger partial charge is 0.256 e. The highest BCUT2D eigenvalue weighted by molar-refractivity contribution is 6.34. The molecule has 0 saturated carbocycles. The van der Waals surface area contributed by atoms with Crippen LogP contribution in [-0.2, 0) is 4.79 Å². The zero-order valence-corrected chi connectivity index (χ0v) is 12.4. The molecule has 1 heterocycles. The Morgan fingerprint density at radius 3 is 2.75 bits per heavy atom. The molecule has 2 rings (SSSR count). The second-order valence-electron chi connectivity index (χ2n) is 5.09. The van der Waals surface area contributed by atoms with Crippen molar-refractivity contribution in [1.29, 1.82) is 0 Å². The van der Waals surface area contributed by atoms with Crippen LogP contribution in [0.3, 0.4) is 0 Å². The molecule has 1 aliphatic heterocycles. The number of nitrogen functional groups attached to an aromatic ring is 1. The summed E-state index contributed by atoms with van der Waals surface area (Å²) in [6.07, 6.45) is 1.50. The van der Waals surface area contributed by atoms with Crippen LogP contribution < -0.4 is 5.73 Å². The normalized spacial score (nSPS) is 18.1. The number of hydrogen-bond acceptors (Lipinski definition) is 3. The Hall–Kier alpha value is -1.75. The Balaban J connectivity index is 2.28. The molecule has 1 aromatic rings. The van der Waals surface area contributed by atoms with Gasteiger partial charge in [-0.15, -0.1) is 0 Å². The maximum atomic E-state index is 12.6. The molecule has 1 fully saturated rings. The van der Waals surface area contributed by atoms with E-state index in [9.17, 15) is 9.59 Å². The summed E-state index contributed by atoms with van der Waals surface area (Å²) < 4.78 is 0. The number of likely N-dealkylation sites (N-methyl/N-ethyl adjacent to an activating group) is 1. The largest absolute Gasteiger partial charge is 0.397 e. The maximum absolute atomic E-state index is 12.6. The van der Waals surface area contributed by atoms with E-state index >= 15 is 0 Å². The molecule has 0 bridgehead atoms. The molecule has 108 valence electrons. The van der Waals surface area contributed by atoms with Gasteiger partial charge in [-0.2, -0.15) is 0 Å². The van der Waals surface area contributed by atoms with Crippen LogP contribution in [0.1, 0.15) is 23.2 Å². The second kappa shape index (κ2) is 5.71. The van der Waals surface area contributed by atoms with Crippen LogP contribution in [-0.4, -0.2) is 48.3 Å². The van der Waals surface area contributed by atoms with Crippen molar-refractivity contribution in [2.24, 2.45) is 0 Å². The number of benzene rings is 1.